The molecule has 1 saturated heterocycles. The number of hydrogen-bond acceptors (Lipinski definition) is 1. The van der Waals surface area contributed by atoms with Crippen LogP contribution in [-0.2, 0) is 0 Å². The predicted molar refractivity (Wildman–Crippen MR) is 53.9 cm³/mol. The molecule has 1 fully saturated rings. The minimum atomic E-state index is -2.64. The number of likely N-dealkylation sites (tertiary alicyclic amines) is 1. The van der Waals surface area contributed by atoms with Gasteiger partial charge in [0.2, 0.25) is 0 Å². The van der Waals surface area contributed by atoms with Gasteiger partial charge in [-0.2, -0.15) is 0 Å². The first-order valence-electron chi connectivity index (χ1n) is 4.99. The maximum atomic E-state index is 13.1. The molecule has 0 aromatic rings. The molecule has 1 heterocycles. The van der Waals surface area contributed by atoms with E-state index < -0.39 is 11.8 Å². The quantitative estimate of drug-likeness (QED) is 0.705. The van der Waals surface area contributed by atoms with Gasteiger partial charge in [-0.15, -0.1) is 6.58 Å². The molecule has 0 aliphatic carbocycles. The van der Waals surface area contributed by atoms with Crippen molar-refractivity contribution in [2.24, 2.45) is 5.92 Å². The maximum absolute atomic E-state index is 13.1. The Morgan fingerprint density at radius 1 is 1.73 bits per heavy atom. The molecule has 0 aromatic carbocycles. The van der Waals surface area contributed by atoms with Crippen LogP contribution >= 0.6 is 0 Å². The standard InChI is InChI=1S/C10H16F2N2O/c1-3-5-13-9(15)14-6-4-10(11,12)8(2)7-14/h3,8H,1,4-7H2,2H3,(H,13,15). The molecule has 1 atom stereocenters. The molecule has 0 aromatic heterocycles. The summed E-state index contributed by atoms with van der Waals surface area (Å²) < 4.78 is 26.2. The number of carbonyl (C=O) groups is 1. The Hall–Kier alpha value is -1.13. The summed E-state index contributed by atoms with van der Waals surface area (Å²) >= 11 is 0. The van der Waals surface area contributed by atoms with Gasteiger partial charge >= 0.3 is 6.03 Å². The van der Waals surface area contributed by atoms with Crippen LogP contribution in [0.3, 0.4) is 0 Å². The summed E-state index contributed by atoms with van der Waals surface area (Å²) in [6.07, 6.45) is 1.30. The van der Waals surface area contributed by atoms with Crippen LogP contribution in [0.25, 0.3) is 0 Å². The minimum absolute atomic E-state index is 0.107. The van der Waals surface area contributed by atoms with Crippen LogP contribution in [0.15, 0.2) is 12.7 Å². The zero-order valence-electron chi connectivity index (χ0n) is 8.80. The van der Waals surface area contributed by atoms with Gasteiger partial charge in [0.1, 0.15) is 0 Å². The van der Waals surface area contributed by atoms with Crippen molar-refractivity contribution in [3.63, 3.8) is 0 Å². The summed E-state index contributed by atoms with van der Waals surface area (Å²) in [6.45, 7) is 5.51. The van der Waals surface area contributed by atoms with Crippen molar-refractivity contribution in [1.82, 2.24) is 10.2 Å². The lowest BCUT2D eigenvalue weighted by Crippen LogP contribution is -2.51. The number of nitrogens with zero attached hydrogens (tertiary/aromatic N) is 1. The lowest BCUT2D eigenvalue weighted by molar-refractivity contribution is -0.0906. The monoisotopic (exact) mass is 218 g/mol. The smallest absolute Gasteiger partial charge is 0.317 e. The van der Waals surface area contributed by atoms with E-state index in [1.54, 1.807) is 6.08 Å². The van der Waals surface area contributed by atoms with Crippen LogP contribution in [0.4, 0.5) is 13.6 Å². The van der Waals surface area contributed by atoms with Gasteiger partial charge in [0.25, 0.3) is 5.92 Å². The van der Waals surface area contributed by atoms with E-state index in [0.29, 0.717) is 6.54 Å². The molecular formula is C10H16F2N2O. The fourth-order valence-electron chi connectivity index (χ4n) is 1.54. The molecule has 5 heteroatoms. The van der Waals surface area contributed by atoms with Crippen LogP contribution in [0.1, 0.15) is 13.3 Å². The Labute approximate surface area is 88.1 Å². The number of carbonyl (C=O) groups excluding carboxylic acids is 1. The Morgan fingerprint density at radius 2 is 2.40 bits per heavy atom. The third kappa shape index (κ3) is 2.91. The van der Waals surface area contributed by atoms with Crippen molar-refractivity contribution < 1.29 is 13.6 Å². The van der Waals surface area contributed by atoms with E-state index in [0.717, 1.165) is 0 Å². The van der Waals surface area contributed by atoms with Crippen molar-refractivity contribution in [1.29, 1.82) is 0 Å². The Bertz CT molecular complexity index is 256. The van der Waals surface area contributed by atoms with Crippen molar-refractivity contribution in [2.45, 2.75) is 19.3 Å². The van der Waals surface area contributed by atoms with Gasteiger partial charge in [0, 0.05) is 32.0 Å². The zero-order chi connectivity index (χ0) is 11.5. The average molecular weight is 218 g/mol. The molecule has 1 aliphatic rings. The highest BCUT2D eigenvalue weighted by Crippen LogP contribution is 2.32. The number of urea groups is 1. The summed E-state index contributed by atoms with van der Waals surface area (Å²) in [5, 5.41) is 2.57. The number of amides is 2. The molecule has 15 heavy (non-hydrogen) atoms. The molecule has 1 rings (SSSR count). The van der Waals surface area contributed by atoms with Crippen LogP contribution in [-0.4, -0.2) is 36.5 Å². The lowest BCUT2D eigenvalue weighted by atomic mass is 9.96. The number of nitrogens with one attached hydrogen (secondary N) is 1. The van der Waals surface area contributed by atoms with Crippen molar-refractivity contribution in [3.05, 3.63) is 12.7 Å². The van der Waals surface area contributed by atoms with Gasteiger partial charge in [-0.05, 0) is 0 Å². The third-order valence-electron chi connectivity index (χ3n) is 2.62. The summed E-state index contributed by atoms with van der Waals surface area (Å²) in [5.41, 5.74) is 0. The highest BCUT2D eigenvalue weighted by Gasteiger charge is 2.42. The second-order valence-corrected chi connectivity index (χ2v) is 3.83. The molecule has 86 valence electrons. The second-order valence-electron chi connectivity index (χ2n) is 3.83. The summed E-state index contributed by atoms with van der Waals surface area (Å²) in [6, 6.07) is -0.294. The second kappa shape index (κ2) is 4.59. The fourth-order valence-corrected chi connectivity index (χ4v) is 1.54. The topological polar surface area (TPSA) is 32.3 Å². The Kier molecular flexibility index (Phi) is 3.66. The van der Waals surface area contributed by atoms with E-state index in [2.05, 4.69) is 11.9 Å². The van der Waals surface area contributed by atoms with Crippen LogP contribution < -0.4 is 5.32 Å². The maximum Gasteiger partial charge on any atom is 0.317 e. The molecule has 3 nitrogen and oxygen atoms in total. The first-order valence-corrected chi connectivity index (χ1v) is 4.99. The van der Waals surface area contributed by atoms with Gasteiger partial charge < -0.3 is 10.2 Å². The number of rotatable bonds is 2. The van der Waals surface area contributed by atoms with Crippen molar-refractivity contribution in [2.75, 3.05) is 19.6 Å². The molecule has 1 N–H and O–H groups in total. The van der Waals surface area contributed by atoms with Gasteiger partial charge in [0.15, 0.2) is 0 Å². The zero-order valence-corrected chi connectivity index (χ0v) is 8.80. The highest BCUT2D eigenvalue weighted by molar-refractivity contribution is 5.74. The summed E-state index contributed by atoms with van der Waals surface area (Å²) in [5.74, 6) is -3.42. The van der Waals surface area contributed by atoms with Gasteiger partial charge in [-0.3, -0.25) is 0 Å². The van der Waals surface area contributed by atoms with E-state index >= 15 is 0 Å². The summed E-state index contributed by atoms with van der Waals surface area (Å²) in [4.78, 5) is 12.9. The van der Waals surface area contributed by atoms with E-state index in [4.69, 9.17) is 0 Å². The molecule has 1 unspecified atom stereocenters. The largest absolute Gasteiger partial charge is 0.335 e. The SMILES string of the molecule is C=CCNC(=O)N1CCC(F)(F)C(C)C1. The number of piperidine rings is 1. The summed E-state index contributed by atoms with van der Waals surface area (Å²) in [7, 11) is 0. The Morgan fingerprint density at radius 3 is 2.93 bits per heavy atom. The van der Waals surface area contributed by atoms with Crippen LogP contribution in [0, 0.1) is 5.92 Å². The van der Waals surface area contributed by atoms with E-state index in [1.807, 2.05) is 0 Å². The molecule has 2 amide bonds. The lowest BCUT2D eigenvalue weighted by Gasteiger charge is -2.36. The third-order valence-corrected chi connectivity index (χ3v) is 2.62. The van der Waals surface area contributed by atoms with Crippen molar-refractivity contribution >= 4 is 6.03 Å². The number of hydrogen-bond donors (Lipinski definition) is 1. The Balaban J connectivity index is 2.47. The molecule has 1 aliphatic heterocycles. The molecule has 0 saturated carbocycles. The molecule has 0 radical (unpaired) electrons. The van der Waals surface area contributed by atoms with Gasteiger partial charge in [-0.25, -0.2) is 13.6 Å². The molecule has 0 spiro atoms. The molecular weight excluding hydrogens is 202 g/mol. The number of halogens is 2. The van der Waals surface area contributed by atoms with Crippen LogP contribution in [0.5, 0.6) is 0 Å². The van der Waals surface area contributed by atoms with E-state index in [9.17, 15) is 13.6 Å². The average Bonchev–Trinajstić information content (AvgIpc) is 2.18. The van der Waals surface area contributed by atoms with E-state index in [-0.39, 0.29) is 25.5 Å². The molecule has 0 bridgehead atoms. The highest BCUT2D eigenvalue weighted by atomic mass is 19.3. The van der Waals surface area contributed by atoms with Crippen molar-refractivity contribution in [3.8, 4) is 0 Å². The number of alkyl halides is 2. The van der Waals surface area contributed by atoms with Crippen LogP contribution in [0.2, 0.25) is 0 Å². The first kappa shape index (κ1) is 11.9. The van der Waals surface area contributed by atoms with Gasteiger partial charge in [0.05, 0.1) is 0 Å². The first-order chi connectivity index (χ1) is 6.97. The van der Waals surface area contributed by atoms with E-state index in [1.165, 1.54) is 11.8 Å². The minimum Gasteiger partial charge on any atom is -0.335 e. The van der Waals surface area contributed by atoms with Gasteiger partial charge in [-0.1, -0.05) is 13.0 Å². The predicted octanol–water partition coefficient (Wildman–Crippen LogP) is 1.86. The normalized spacial score (nSPS) is 24.7. The fraction of sp³-hybridized carbons (Fsp3) is 0.700.